The van der Waals surface area contributed by atoms with E-state index in [2.05, 4.69) is 198 Å². The molecule has 0 N–H and O–H groups in total. The molecule has 56 heavy (non-hydrogen) atoms. The molecular formula is C54H62O2. The van der Waals surface area contributed by atoms with Gasteiger partial charge in [0, 0.05) is 0 Å². The Kier molecular flexibility index (Phi) is 17.6. The SMILES string of the molecule is CCCCC(CC)COc1ccc(/C=C/c2ccc(/C=C/c3ccc(/C=C/c4ccc(/C=C/c5ccc(OCC(CC)CCCC)cc5)cc4)cc3)cc2)cc1. The summed E-state index contributed by atoms with van der Waals surface area (Å²) in [6.45, 7) is 10.6. The van der Waals surface area contributed by atoms with Gasteiger partial charge in [0.05, 0.1) is 13.2 Å². The van der Waals surface area contributed by atoms with Gasteiger partial charge in [-0.2, -0.15) is 0 Å². The summed E-state index contributed by atoms with van der Waals surface area (Å²) in [7, 11) is 0. The monoisotopic (exact) mass is 742 g/mol. The molecule has 0 aliphatic rings. The molecule has 0 aliphatic carbocycles. The van der Waals surface area contributed by atoms with E-state index in [-0.39, 0.29) is 0 Å². The van der Waals surface area contributed by atoms with Crippen molar-refractivity contribution in [1.82, 2.24) is 0 Å². The molecule has 0 saturated heterocycles. The fourth-order valence-electron chi connectivity index (χ4n) is 6.50. The van der Waals surface area contributed by atoms with Gasteiger partial charge in [0.15, 0.2) is 0 Å². The highest BCUT2D eigenvalue weighted by Crippen LogP contribution is 2.21. The van der Waals surface area contributed by atoms with Crippen molar-refractivity contribution in [1.29, 1.82) is 0 Å². The smallest absolute Gasteiger partial charge is 0.119 e. The van der Waals surface area contributed by atoms with E-state index in [4.69, 9.17) is 9.47 Å². The molecular weight excluding hydrogens is 681 g/mol. The minimum atomic E-state index is 0.640. The highest BCUT2D eigenvalue weighted by atomic mass is 16.5. The third kappa shape index (κ3) is 14.7. The van der Waals surface area contributed by atoms with Crippen LogP contribution in [0.2, 0.25) is 0 Å². The van der Waals surface area contributed by atoms with Gasteiger partial charge in [0.25, 0.3) is 0 Å². The normalized spacial score (nSPS) is 12.9. The zero-order valence-corrected chi connectivity index (χ0v) is 34.2. The van der Waals surface area contributed by atoms with Crippen LogP contribution < -0.4 is 9.47 Å². The number of unbranched alkanes of at least 4 members (excludes halogenated alkanes) is 2. The largest absolute Gasteiger partial charge is 0.493 e. The van der Waals surface area contributed by atoms with E-state index < -0.39 is 0 Å². The maximum Gasteiger partial charge on any atom is 0.119 e. The molecule has 2 atom stereocenters. The average molecular weight is 743 g/mol. The van der Waals surface area contributed by atoms with E-state index in [1.165, 1.54) is 95.9 Å². The summed E-state index contributed by atoms with van der Waals surface area (Å²) in [4.78, 5) is 0. The summed E-state index contributed by atoms with van der Waals surface area (Å²) in [5.41, 5.74) is 9.40. The topological polar surface area (TPSA) is 18.5 Å². The molecule has 290 valence electrons. The summed E-state index contributed by atoms with van der Waals surface area (Å²) in [6, 6.07) is 42.8. The van der Waals surface area contributed by atoms with Gasteiger partial charge in [-0.1, -0.05) is 212 Å². The second-order valence-corrected chi connectivity index (χ2v) is 14.9. The van der Waals surface area contributed by atoms with Gasteiger partial charge in [-0.05, 0) is 93.5 Å². The molecule has 0 fully saturated rings. The molecule has 5 aromatic carbocycles. The van der Waals surface area contributed by atoms with Crippen molar-refractivity contribution >= 4 is 48.6 Å². The maximum absolute atomic E-state index is 6.07. The van der Waals surface area contributed by atoms with Gasteiger partial charge < -0.3 is 9.47 Å². The maximum atomic E-state index is 6.07. The lowest BCUT2D eigenvalue weighted by molar-refractivity contribution is 0.233. The minimum Gasteiger partial charge on any atom is -0.493 e. The van der Waals surface area contributed by atoms with Gasteiger partial charge in [0.2, 0.25) is 0 Å². The van der Waals surface area contributed by atoms with Crippen LogP contribution in [0, 0.1) is 11.8 Å². The van der Waals surface area contributed by atoms with Crippen molar-refractivity contribution in [3.63, 3.8) is 0 Å². The summed E-state index contributed by atoms with van der Waals surface area (Å²) in [5, 5.41) is 0. The Morgan fingerprint density at radius 1 is 0.339 bits per heavy atom. The van der Waals surface area contributed by atoms with Gasteiger partial charge >= 0.3 is 0 Å². The minimum absolute atomic E-state index is 0.640. The zero-order valence-electron chi connectivity index (χ0n) is 34.2. The lowest BCUT2D eigenvalue weighted by Crippen LogP contribution is -2.11. The van der Waals surface area contributed by atoms with Crippen molar-refractivity contribution in [2.45, 2.75) is 79.1 Å². The predicted molar refractivity (Wildman–Crippen MR) is 246 cm³/mol. The molecule has 2 heteroatoms. The molecule has 0 spiro atoms. The van der Waals surface area contributed by atoms with Crippen molar-refractivity contribution in [3.05, 3.63) is 166 Å². The van der Waals surface area contributed by atoms with Gasteiger partial charge in [-0.3, -0.25) is 0 Å². The molecule has 0 aliphatic heterocycles. The van der Waals surface area contributed by atoms with Gasteiger partial charge in [-0.25, -0.2) is 0 Å². The van der Waals surface area contributed by atoms with E-state index >= 15 is 0 Å². The van der Waals surface area contributed by atoms with Gasteiger partial charge in [0.1, 0.15) is 11.5 Å². The van der Waals surface area contributed by atoms with Crippen LogP contribution in [0.25, 0.3) is 48.6 Å². The molecule has 0 saturated carbocycles. The second-order valence-electron chi connectivity index (χ2n) is 14.9. The highest BCUT2D eigenvalue weighted by Gasteiger charge is 2.08. The van der Waals surface area contributed by atoms with Crippen LogP contribution in [0.1, 0.15) is 124 Å². The lowest BCUT2D eigenvalue weighted by atomic mass is 10.0. The van der Waals surface area contributed by atoms with Crippen molar-refractivity contribution in [2.75, 3.05) is 13.2 Å². The second kappa shape index (κ2) is 23.6. The predicted octanol–water partition coefficient (Wildman–Crippen LogP) is 15.6. The van der Waals surface area contributed by atoms with E-state index in [0.29, 0.717) is 11.8 Å². The van der Waals surface area contributed by atoms with E-state index in [0.717, 1.165) is 24.7 Å². The third-order valence-corrected chi connectivity index (χ3v) is 10.5. The molecule has 2 unspecified atom stereocenters. The molecule has 0 radical (unpaired) electrons. The Labute approximate surface area is 338 Å². The van der Waals surface area contributed by atoms with Crippen LogP contribution in [-0.2, 0) is 0 Å². The van der Waals surface area contributed by atoms with E-state index in [1.807, 2.05) is 0 Å². The number of hydrogen-bond acceptors (Lipinski definition) is 2. The highest BCUT2D eigenvalue weighted by molar-refractivity contribution is 5.75. The van der Waals surface area contributed by atoms with E-state index in [1.54, 1.807) is 0 Å². The number of rotatable bonds is 22. The average Bonchev–Trinajstić information content (AvgIpc) is 3.25. The first-order chi connectivity index (χ1) is 27.5. The van der Waals surface area contributed by atoms with Crippen molar-refractivity contribution in [2.24, 2.45) is 11.8 Å². The Bertz CT molecular complexity index is 1800. The molecule has 5 aromatic rings. The first kappa shape index (κ1) is 41.8. The fourth-order valence-corrected chi connectivity index (χ4v) is 6.50. The summed E-state index contributed by atoms with van der Waals surface area (Å²) >= 11 is 0. The third-order valence-electron chi connectivity index (χ3n) is 10.5. The quantitative estimate of drug-likeness (QED) is 0.0658. The van der Waals surface area contributed by atoms with Crippen LogP contribution in [0.5, 0.6) is 11.5 Å². The molecule has 0 bridgehead atoms. The van der Waals surface area contributed by atoms with E-state index in [9.17, 15) is 0 Å². The molecule has 5 rings (SSSR count). The summed E-state index contributed by atoms with van der Waals surface area (Å²) < 4.78 is 12.1. The number of benzene rings is 5. The Morgan fingerprint density at radius 2 is 0.554 bits per heavy atom. The molecule has 0 aromatic heterocycles. The van der Waals surface area contributed by atoms with Crippen molar-refractivity contribution < 1.29 is 9.47 Å². The number of hydrogen-bond donors (Lipinski definition) is 0. The zero-order chi connectivity index (χ0) is 39.2. The first-order valence-electron chi connectivity index (χ1n) is 21.0. The Morgan fingerprint density at radius 3 is 0.750 bits per heavy atom. The molecule has 0 amide bonds. The summed E-state index contributed by atoms with van der Waals surface area (Å²) in [5.74, 6) is 3.18. The fraction of sp³-hybridized carbons (Fsp3) is 0.296. The van der Waals surface area contributed by atoms with Crippen LogP contribution in [0.3, 0.4) is 0 Å². The standard InChI is InChI=1S/C54H62O2/c1-5-9-11-43(7-3)41-55-53-37-33-51(34-38-53)31-29-49-25-21-47(22-26-49)19-17-45-13-15-46(16-14-45)18-20-48-23-27-50(28-24-48)30-32-52-35-39-54(40-36-52)56-42-44(8-4)12-10-6-2/h13-40,43-44H,5-12,41-42H2,1-4H3/b19-17+,20-18+,31-29+,32-30+. The molecule has 2 nitrogen and oxygen atoms in total. The lowest BCUT2D eigenvalue weighted by Gasteiger charge is -2.15. The number of ether oxygens (including phenoxy) is 2. The van der Waals surface area contributed by atoms with Crippen molar-refractivity contribution in [3.8, 4) is 11.5 Å². The van der Waals surface area contributed by atoms with Crippen LogP contribution in [0.4, 0.5) is 0 Å². The Balaban J connectivity index is 1.04. The van der Waals surface area contributed by atoms with Crippen LogP contribution >= 0.6 is 0 Å². The van der Waals surface area contributed by atoms with Gasteiger partial charge in [-0.15, -0.1) is 0 Å². The van der Waals surface area contributed by atoms with Crippen LogP contribution in [-0.4, -0.2) is 13.2 Å². The first-order valence-corrected chi connectivity index (χ1v) is 21.0. The summed E-state index contributed by atoms with van der Waals surface area (Å²) in [6.07, 6.45) is 27.2. The molecule has 0 heterocycles. The van der Waals surface area contributed by atoms with Crippen LogP contribution in [0.15, 0.2) is 121 Å². The Hall–Kier alpha value is -5.34.